The molecular weight excluding hydrogens is 210 g/mol. The van der Waals surface area contributed by atoms with Crippen LogP contribution < -0.4 is 5.73 Å². The second-order valence-corrected chi connectivity index (χ2v) is 3.00. The maximum absolute atomic E-state index is 11.2. The number of benzene rings is 1. The summed E-state index contributed by atoms with van der Waals surface area (Å²) in [6.07, 6.45) is 2.42. The molecule has 0 spiro atoms. The molecule has 1 amide bonds. The molecule has 84 valence electrons. The van der Waals surface area contributed by atoms with E-state index in [4.69, 9.17) is 5.73 Å². The average molecular weight is 221 g/mol. The molecule has 5 nitrogen and oxygen atoms in total. The first kappa shape index (κ1) is 11.8. The molecular formula is C11H11NO4. The topological polar surface area (TPSA) is 89.6 Å². The Kier molecular flexibility index (Phi) is 3.66. The highest BCUT2D eigenvalue weighted by molar-refractivity contribution is 5.93. The van der Waals surface area contributed by atoms with Gasteiger partial charge in [0.1, 0.15) is 5.75 Å². The molecule has 0 aliphatic carbocycles. The van der Waals surface area contributed by atoms with E-state index >= 15 is 0 Å². The van der Waals surface area contributed by atoms with Crippen molar-refractivity contribution in [3.63, 3.8) is 0 Å². The standard InChI is InChI=1S/C11H11NO4/c1-16-11(15)8-2-4-9(13)7(6-8)3-5-10(12)14/h2-6,13H,1H3,(H2,12,14). The number of hydrogen-bond acceptors (Lipinski definition) is 4. The van der Waals surface area contributed by atoms with Gasteiger partial charge in [0.05, 0.1) is 12.7 Å². The van der Waals surface area contributed by atoms with Crippen LogP contribution in [0.1, 0.15) is 15.9 Å². The molecule has 1 aromatic carbocycles. The van der Waals surface area contributed by atoms with Crippen LogP contribution in [0.3, 0.4) is 0 Å². The van der Waals surface area contributed by atoms with Crippen LogP contribution in [-0.2, 0) is 9.53 Å². The van der Waals surface area contributed by atoms with Crippen molar-refractivity contribution < 1.29 is 19.4 Å². The number of nitrogens with two attached hydrogens (primary N) is 1. The summed E-state index contributed by atoms with van der Waals surface area (Å²) < 4.78 is 4.52. The average Bonchev–Trinajstić information content (AvgIpc) is 2.26. The van der Waals surface area contributed by atoms with E-state index in [-0.39, 0.29) is 11.3 Å². The van der Waals surface area contributed by atoms with Gasteiger partial charge in [-0.2, -0.15) is 0 Å². The third-order valence-electron chi connectivity index (χ3n) is 1.88. The van der Waals surface area contributed by atoms with Crippen molar-refractivity contribution in [2.75, 3.05) is 7.11 Å². The number of primary amides is 1. The van der Waals surface area contributed by atoms with Gasteiger partial charge in [-0.05, 0) is 24.3 Å². The van der Waals surface area contributed by atoms with Gasteiger partial charge < -0.3 is 15.6 Å². The van der Waals surface area contributed by atoms with Crippen LogP contribution in [0.25, 0.3) is 6.08 Å². The number of methoxy groups -OCH3 is 1. The molecule has 0 aromatic heterocycles. The van der Waals surface area contributed by atoms with Gasteiger partial charge in [-0.25, -0.2) is 4.79 Å². The number of ether oxygens (including phenoxy) is 1. The summed E-state index contributed by atoms with van der Waals surface area (Å²) in [6, 6.07) is 4.16. The number of amides is 1. The Bertz CT molecular complexity index is 451. The Hall–Kier alpha value is -2.30. The van der Waals surface area contributed by atoms with Gasteiger partial charge in [0.15, 0.2) is 0 Å². The molecule has 0 unspecified atom stereocenters. The van der Waals surface area contributed by atoms with E-state index in [0.717, 1.165) is 6.08 Å². The number of rotatable bonds is 3. The van der Waals surface area contributed by atoms with Crippen molar-refractivity contribution in [1.29, 1.82) is 0 Å². The van der Waals surface area contributed by atoms with Gasteiger partial charge in [0.2, 0.25) is 5.91 Å². The summed E-state index contributed by atoms with van der Waals surface area (Å²) in [4.78, 5) is 21.7. The van der Waals surface area contributed by atoms with Crippen LogP contribution >= 0.6 is 0 Å². The second kappa shape index (κ2) is 4.97. The molecule has 3 N–H and O–H groups in total. The number of hydrogen-bond donors (Lipinski definition) is 2. The van der Waals surface area contributed by atoms with E-state index in [1.807, 2.05) is 0 Å². The maximum Gasteiger partial charge on any atom is 0.337 e. The Labute approximate surface area is 92.1 Å². The lowest BCUT2D eigenvalue weighted by Gasteiger charge is -2.02. The maximum atomic E-state index is 11.2. The normalized spacial score (nSPS) is 10.3. The minimum atomic E-state index is -0.636. The Balaban J connectivity index is 3.08. The van der Waals surface area contributed by atoms with E-state index in [0.29, 0.717) is 5.56 Å². The first-order chi connectivity index (χ1) is 7.54. The van der Waals surface area contributed by atoms with Crippen LogP contribution in [-0.4, -0.2) is 24.1 Å². The van der Waals surface area contributed by atoms with Gasteiger partial charge in [0.25, 0.3) is 0 Å². The number of phenols is 1. The molecule has 0 heterocycles. The smallest absolute Gasteiger partial charge is 0.337 e. The fourth-order valence-electron chi connectivity index (χ4n) is 1.10. The van der Waals surface area contributed by atoms with Crippen molar-refractivity contribution in [3.05, 3.63) is 35.4 Å². The molecule has 1 rings (SSSR count). The summed E-state index contributed by atoms with van der Waals surface area (Å²) in [6.45, 7) is 0. The molecule has 0 radical (unpaired) electrons. The van der Waals surface area contributed by atoms with Gasteiger partial charge >= 0.3 is 5.97 Å². The van der Waals surface area contributed by atoms with Gasteiger partial charge in [-0.15, -0.1) is 0 Å². The predicted octanol–water partition coefficient (Wildman–Crippen LogP) is 0.677. The summed E-state index contributed by atoms with van der Waals surface area (Å²) in [5.74, 6) is -1.21. The highest BCUT2D eigenvalue weighted by atomic mass is 16.5. The summed E-state index contributed by atoms with van der Waals surface area (Å²) >= 11 is 0. The highest BCUT2D eigenvalue weighted by Gasteiger charge is 2.07. The molecule has 0 saturated heterocycles. The van der Waals surface area contributed by atoms with Crippen LogP contribution in [0.2, 0.25) is 0 Å². The molecule has 16 heavy (non-hydrogen) atoms. The van der Waals surface area contributed by atoms with Crippen LogP contribution in [0, 0.1) is 0 Å². The van der Waals surface area contributed by atoms with E-state index in [1.165, 1.54) is 31.4 Å². The fourth-order valence-corrected chi connectivity index (χ4v) is 1.10. The Morgan fingerprint density at radius 1 is 1.44 bits per heavy atom. The summed E-state index contributed by atoms with van der Waals surface area (Å²) in [5, 5.41) is 9.45. The predicted molar refractivity (Wildman–Crippen MR) is 57.7 cm³/mol. The second-order valence-electron chi connectivity index (χ2n) is 3.00. The van der Waals surface area contributed by atoms with Crippen molar-refractivity contribution >= 4 is 18.0 Å². The lowest BCUT2D eigenvalue weighted by molar-refractivity contribution is -0.113. The fraction of sp³-hybridized carbons (Fsp3) is 0.0909. The first-order valence-electron chi connectivity index (χ1n) is 4.43. The van der Waals surface area contributed by atoms with E-state index in [9.17, 15) is 14.7 Å². The lowest BCUT2D eigenvalue weighted by atomic mass is 10.1. The molecule has 0 bridgehead atoms. The zero-order valence-corrected chi connectivity index (χ0v) is 8.64. The number of esters is 1. The van der Waals surface area contributed by atoms with Crippen molar-refractivity contribution in [2.24, 2.45) is 5.73 Å². The van der Waals surface area contributed by atoms with Crippen molar-refractivity contribution in [1.82, 2.24) is 0 Å². The SMILES string of the molecule is COC(=O)c1ccc(O)c(C=CC(N)=O)c1. The molecule has 0 atom stereocenters. The third-order valence-corrected chi connectivity index (χ3v) is 1.88. The first-order valence-corrected chi connectivity index (χ1v) is 4.43. The number of phenolic OH excluding ortho intramolecular Hbond substituents is 1. The molecule has 0 aliphatic heterocycles. The van der Waals surface area contributed by atoms with E-state index < -0.39 is 11.9 Å². The quantitative estimate of drug-likeness (QED) is 0.580. The Morgan fingerprint density at radius 3 is 2.69 bits per heavy atom. The van der Waals surface area contributed by atoms with Crippen LogP contribution in [0.5, 0.6) is 5.75 Å². The van der Waals surface area contributed by atoms with Gasteiger partial charge in [-0.1, -0.05) is 0 Å². The monoisotopic (exact) mass is 221 g/mol. The van der Waals surface area contributed by atoms with Gasteiger partial charge in [0, 0.05) is 11.6 Å². The van der Waals surface area contributed by atoms with Gasteiger partial charge in [-0.3, -0.25) is 4.79 Å². The summed E-state index contributed by atoms with van der Waals surface area (Å²) in [5.41, 5.74) is 5.52. The van der Waals surface area contributed by atoms with Crippen LogP contribution in [0.15, 0.2) is 24.3 Å². The number of carbonyl (C=O) groups excluding carboxylic acids is 2. The molecule has 1 aromatic rings. The van der Waals surface area contributed by atoms with E-state index in [1.54, 1.807) is 0 Å². The van der Waals surface area contributed by atoms with Crippen molar-refractivity contribution in [3.8, 4) is 5.75 Å². The highest BCUT2D eigenvalue weighted by Crippen LogP contribution is 2.20. The zero-order valence-electron chi connectivity index (χ0n) is 8.64. The number of carbonyl (C=O) groups is 2. The Morgan fingerprint density at radius 2 is 2.12 bits per heavy atom. The molecule has 0 saturated carbocycles. The molecule has 0 fully saturated rings. The molecule has 5 heteroatoms. The number of aromatic hydroxyl groups is 1. The van der Waals surface area contributed by atoms with Crippen LogP contribution in [0.4, 0.5) is 0 Å². The van der Waals surface area contributed by atoms with E-state index in [2.05, 4.69) is 4.74 Å². The molecule has 0 aliphatic rings. The zero-order chi connectivity index (χ0) is 12.1. The van der Waals surface area contributed by atoms with Crippen molar-refractivity contribution in [2.45, 2.75) is 0 Å². The minimum Gasteiger partial charge on any atom is -0.507 e. The summed E-state index contributed by atoms with van der Waals surface area (Å²) in [7, 11) is 1.26. The lowest BCUT2D eigenvalue weighted by Crippen LogP contribution is -2.05. The minimum absolute atomic E-state index is 0.0508. The third kappa shape index (κ3) is 2.84. The largest absolute Gasteiger partial charge is 0.507 e.